The first-order valence-electron chi connectivity index (χ1n) is 7.80. The van der Waals surface area contributed by atoms with Crippen LogP contribution in [-0.2, 0) is 19.6 Å². The molecule has 1 aliphatic heterocycles. The fraction of sp³-hybridized carbons (Fsp3) is 0.118. The second-order valence-corrected chi connectivity index (χ2v) is 9.40. The summed E-state index contributed by atoms with van der Waals surface area (Å²) in [5.74, 6) is -2.54. The fourth-order valence-electron chi connectivity index (χ4n) is 2.69. The Hall–Kier alpha value is -2.14. The number of anilines is 1. The summed E-state index contributed by atoms with van der Waals surface area (Å²) in [5, 5.41) is 2.42. The number of nitrogens with one attached hydrogen (secondary N) is 1. The number of sulfonamides is 1. The number of carbonyl (C=O) groups is 3. The maximum Gasteiger partial charge on any atom is 0.340 e. The zero-order valence-electron chi connectivity index (χ0n) is 14.5. The zero-order chi connectivity index (χ0) is 21.5. The summed E-state index contributed by atoms with van der Waals surface area (Å²) in [7, 11) is -3.06. The van der Waals surface area contributed by atoms with E-state index in [2.05, 4.69) is 26.0 Å². The standard InChI is InChI=1S/C17H11BrCl2N2O6S/c1-28-17(25)11-5-9(19)6-12(20)15(11)21-14(23)7-22-16(24)10-4-8(18)2-3-13(10)29(22,26)27/h2-6H,7H2,1H3,(H,21,23). The van der Waals surface area contributed by atoms with Gasteiger partial charge in [-0.05, 0) is 30.3 Å². The molecule has 8 nitrogen and oxygen atoms in total. The minimum atomic E-state index is -4.19. The summed E-state index contributed by atoms with van der Waals surface area (Å²) in [6, 6.07) is 6.63. The van der Waals surface area contributed by atoms with Crippen molar-refractivity contribution in [1.82, 2.24) is 4.31 Å². The molecular formula is C17H11BrCl2N2O6S. The van der Waals surface area contributed by atoms with Crippen LogP contribution in [-0.4, -0.2) is 44.2 Å². The Balaban J connectivity index is 1.90. The van der Waals surface area contributed by atoms with E-state index < -0.39 is 34.4 Å². The Kier molecular flexibility index (Phi) is 5.91. The number of hydrogen-bond donors (Lipinski definition) is 1. The number of methoxy groups -OCH3 is 1. The normalized spacial score (nSPS) is 14.5. The molecule has 2 amide bonds. The quantitative estimate of drug-likeness (QED) is 0.618. The van der Waals surface area contributed by atoms with E-state index in [4.69, 9.17) is 23.2 Å². The lowest BCUT2D eigenvalue weighted by atomic mass is 10.1. The fourth-order valence-corrected chi connectivity index (χ4v) is 5.10. The van der Waals surface area contributed by atoms with E-state index in [0.29, 0.717) is 8.78 Å². The minimum absolute atomic E-state index is 0.0491. The lowest BCUT2D eigenvalue weighted by molar-refractivity contribution is -0.116. The van der Waals surface area contributed by atoms with Gasteiger partial charge >= 0.3 is 5.97 Å². The van der Waals surface area contributed by atoms with Gasteiger partial charge in [0.1, 0.15) is 11.4 Å². The monoisotopic (exact) mass is 520 g/mol. The van der Waals surface area contributed by atoms with E-state index in [9.17, 15) is 22.8 Å². The zero-order valence-corrected chi connectivity index (χ0v) is 18.4. The molecule has 0 atom stereocenters. The van der Waals surface area contributed by atoms with Gasteiger partial charge < -0.3 is 10.1 Å². The van der Waals surface area contributed by atoms with Crippen molar-refractivity contribution in [2.24, 2.45) is 0 Å². The van der Waals surface area contributed by atoms with Crippen LogP contribution < -0.4 is 5.32 Å². The summed E-state index contributed by atoms with van der Waals surface area (Å²) in [5.41, 5.74) is -0.287. The second kappa shape index (κ2) is 7.94. The van der Waals surface area contributed by atoms with E-state index in [1.54, 1.807) is 0 Å². The lowest BCUT2D eigenvalue weighted by Crippen LogP contribution is -2.37. The molecule has 0 fully saturated rings. The van der Waals surface area contributed by atoms with Crippen LogP contribution in [0, 0.1) is 0 Å². The molecule has 0 spiro atoms. The third-order valence-electron chi connectivity index (χ3n) is 3.98. The Morgan fingerprint density at radius 2 is 1.90 bits per heavy atom. The highest BCUT2D eigenvalue weighted by Gasteiger charge is 2.42. The maximum atomic E-state index is 12.6. The molecule has 0 saturated carbocycles. The lowest BCUT2D eigenvalue weighted by Gasteiger charge is -2.16. The van der Waals surface area contributed by atoms with Crippen molar-refractivity contribution in [1.29, 1.82) is 0 Å². The third-order valence-corrected chi connectivity index (χ3v) is 6.78. The minimum Gasteiger partial charge on any atom is -0.465 e. The van der Waals surface area contributed by atoms with Gasteiger partial charge in [0.2, 0.25) is 5.91 Å². The van der Waals surface area contributed by atoms with Crippen molar-refractivity contribution in [2.45, 2.75) is 4.90 Å². The Labute approximate surface area is 183 Å². The first-order chi connectivity index (χ1) is 13.6. The Morgan fingerprint density at radius 1 is 1.21 bits per heavy atom. The average molecular weight is 522 g/mol. The number of amides is 2. The third kappa shape index (κ3) is 3.97. The Bertz CT molecular complexity index is 1170. The molecule has 0 bridgehead atoms. The van der Waals surface area contributed by atoms with Crippen molar-refractivity contribution < 1.29 is 27.5 Å². The van der Waals surface area contributed by atoms with Crippen LogP contribution in [0.3, 0.4) is 0 Å². The van der Waals surface area contributed by atoms with Crippen molar-refractivity contribution in [3.8, 4) is 0 Å². The van der Waals surface area contributed by atoms with Crippen LogP contribution in [0.4, 0.5) is 5.69 Å². The van der Waals surface area contributed by atoms with Crippen LogP contribution in [0.5, 0.6) is 0 Å². The average Bonchev–Trinajstić information content (AvgIpc) is 2.83. The molecule has 0 aliphatic carbocycles. The van der Waals surface area contributed by atoms with E-state index >= 15 is 0 Å². The molecule has 3 rings (SSSR count). The molecule has 0 aromatic heterocycles. The summed E-state index contributed by atoms with van der Waals surface area (Å²) in [6.45, 7) is -0.812. The predicted molar refractivity (Wildman–Crippen MR) is 109 cm³/mol. The SMILES string of the molecule is COC(=O)c1cc(Cl)cc(Cl)c1NC(=O)CN1C(=O)c2cc(Br)ccc2S1(=O)=O. The number of esters is 1. The molecule has 1 N–H and O–H groups in total. The largest absolute Gasteiger partial charge is 0.465 e. The number of ether oxygens (including phenoxy) is 1. The van der Waals surface area contributed by atoms with Gasteiger partial charge in [0.15, 0.2) is 0 Å². The van der Waals surface area contributed by atoms with Crippen LogP contribution in [0.15, 0.2) is 39.7 Å². The highest BCUT2D eigenvalue weighted by Crippen LogP contribution is 2.33. The highest BCUT2D eigenvalue weighted by molar-refractivity contribution is 9.10. The number of hydrogen-bond acceptors (Lipinski definition) is 6. The molecule has 2 aromatic carbocycles. The van der Waals surface area contributed by atoms with Gasteiger partial charge in [0, 0.05) is 9.50 Å². The van der Waals surface area contributed by atoms with E-state index in [-0.39, 0.29) is 31.8 Å². The summed E-state index contributed by atoms with van der Waals surface area (Å²) >= 11 is 15.1. The van der Waals surface area contributed by atoms with Crippen molar-refractivity contribution >= 4 is 72.6 Å². The molecule has 12 heteroatoms. The molecule has 0 unspecified atom stereocenters. The number of fused-ring (bicyclic) bond motifs is 1. The smallest absolute Gasteiger partial charge is 0.340 e. The Morgan fingerprint density at radius 3 is 2.55 bits per heavy atom. The van der Waals surface area contributed by atoms with Gasteiger partial charge in [-0.25, -0.2) is 17.5 Å². The van der Waals surface area contributed by atoms with E-state index in [1.807, 2.05) is 0 Å². The molecule has 29 heavy (non-hydrogen) atoms. The molecule has 1 heterocycles. The first kappa shape index (κ1) is 21.6. The first-order valence-corrected chi connectivity index (χ1v) is 10.8. The van der Waals surface area contributed by atoms with Gasteiger partial charge in [-0.1, -0.05) is 39.1 Å². The van der Waals surface area contributed by atoms with Crippen molar-refractivity contribution in [3.63, 3.8) is 0 Å². The molecular weight excluding hydrogens is 511 g/mol. The molecule has 0 saturated heterocycles. The van der Waals surface area contributed by atoms with Crippen molar-refractivity contribution in [2.75, 3.05) is 19.0 Å². The van der Waals surface area contributed by atoms with Crippen LogP contribution in [0.2, 0.25) is 10.0 Å². The molecule has 152 valence electrons. The predicted octanol–water partition coefficient (Wildman–Crippen LogP) is 3.33. The molecule has 1 aliphatic rings. The van der Waals surface area contributed by atoms with Crippen molar-refractivity contribution in [3.05, 3.63) is 56.0 Å². The van der Waals surface area contributed by atoms with Crippen LogP contribution in [0.1, 0.15) is 20.7 Å². The topological polar surface area (TPSA) is 110 Å². The van der Waals surface area contributed by atoms with Crippen LogP contribution >= 0.6 is 39.1 Å². The summed E-state index contributed by atoms with van der Waals surface area (Å²) in [6.07, 6.45) is 0. The molecule has 0 radical (unpaired) electrons. The number of carbonyl (C=O) groups excluding carboxylic acids is 3. The number of benzene rings is 2. The highest BCUT2D eigenvalue weighted by atomic mass is 79.9. The molecule has 2 aromatic rings. The van der Waals surface area contributed by atoms with Gasteiger partial charge in [-0.2, -0.15) is 0 Å². The number of nitrogens with zero attached hydrogens (tertiary/aromatic N) is 1. The maximum absolute atomic E-state index is 12.6. The summed E-state index contributed by atoms with van der Waals surface area (Å²) in [4.78, 5) is 36.8. The van der Waals surface area contributed by atoms with Gasteiger partial charge in [0.25, 0.3) is 15.9 Å². The van der Waals surface area contributed by atoms with E-state index in [0.717, 1.165) is 7.11 Å². The second-order valence-electron chi connectivity index (χ2n) is 5.81. The number of halogens is 3. The van der Waals surface area contributed by atoms with E-state index in [1.165, 1.54) is 30.3 Å². The van der Waals surface area contributed by atoms with Gasteiger partial charge in [0.05, 0.1) is 28.9 Å². The number of rotatable bonds is 4. The van der Waals surface area contributed by atoms with Gasteiger partial charge in [-0.15, -0.1) is 0 Å². The summed E-state index contributed by atoms with van der Waals surface area (Å²) < 4.78 is 30.8. The van der Waals surface area contributed by atoms with Crippen LogP contribution in [0.25, 0.3) is 0 Å². The van der Waals surface area contributed by atoms with Gasteiger partial charge in [-0.3, -0.25) is 9.59 Å².